The van der Waals surface area contributed by atoms with Crippen molar-refractivity contribution in [3.63, 3.8) is 0 Å². The molecule has 0 spiro atoms. The third-order valence-electron chi connectivity index (χ3n) is 5.62. The van der Waals surface area contributed by atoms with Crippen LogP contribution in [0.25, 0.3) is 11.0 Å². The predicted octanol–water partition coefficient (Wildman–Crippen LogP) is 4.50. The van der Waals surface area contributed by atoms with Crippen molar-refractivity contribution in [1.29, 1.82) is 0 Å². The second kappa shape index (κ2) is 9.08. The van der Waals surface area contributed by atoms with E-state index in [1.54, 1.807) is 11.8 Å². The number of nitrogens with one attached hydrogen (secondary N) is 1. The molecular formula is C24H25N5O2S. The smallest absolute Gasteiger partial charge is 0.255 e. The molecule has 5 rings (SSSR count). The van der Waals surface area contributed by atoms with Crippen LogP contribution in [0.4, 0.5) is 5.95 Å². The second-order valence-electron chi connectivity index (χ2n) is 7.93. The Hall–Kier alpha value is -3.26. The number of imidazole rings is 1. The molecule has 0 bridgehead atoms. The van der Waals surface area contributed by atoms with Crippen molar-refractivity contribution >= 4 is 34.7 Å². The molecule has 164 valence electrons. The fourth-order valence-electron chi connectivity index (χ4n) is 3.99. The van der Waals surface area contributed by atoms with E-state index in [4.69, 9.17) is 9.51 Å². The Morgan fingerprint density at radius 1 is 1.09 bits per heavy atom. The van der Waals surface area contributed by atoms with E-state index in [9.17, 15) is 4.79 Å². The number of aromatic amines is 1. The number of para-hydroxylation sites is 2. The highest BCUT2D eigenvalue weighted by Gasteiger charge is 2.23. The maximum atomic E-state index is 13.4. The third kappa shape index (κ3) is 4.36. The molecule has 2 aromatic carbocycles. The zero-order valence-corrected chi connectivity index (χ0v) is 18.8. The first-order valence-corrected chi connectivity index (χ1v) is 11.8. The molecule has 1 saturated heterocycles. The van der Waals surface area contributed by atoms with Gasteiger partial charge in [0.05, 0.1) is 28.0 Å². The van der Waals surface area contributed by atoms with Gasteiger partial charge in [-0.05, 0) is 37.6 Å². The number of thioether (sulfide) groups is 1. The molecular weight excluding hydrogens is 422 g/mol. The Balaban J connectivity index is 1.27. The van der Waals surface area contributed by atoms with Crippen LogP contribution in [-0.4, -0.2) is 52.1 Å². The topological polar surface area (TPSA) is 78.3 Å². The first-order valence-electron chi connectivity index (χ1n) is 10.8. The minimum atomic E-state index is 0.0771. The number of aromatic nitrogens is 3. The number of anilines is 1. The molecule has 1 fully saturated rings. The molecule has 0 unspecified atom stereocenters. The van der Waals surface area contributed by atoms with Gasteiger partial charge in [0.15, 0.2) is 0 Å². The van der Waals surface area contributed by atoms with Crippen LogP contribution >= 0.6 is 11.8 Å². The van der Waals surface area contributed by atoms with Gasteiger partial charge in [0, 0.05) is 37.1 Å². The number of H-pyrrole nitrogens is 1. The molecule has 1 N–H and O–H groups in total. The summed E-state index contributed by atoms with van der Waals surface area (Å²) < 4.78 is 5.31. The van der Waals surface area contributed by atoms with Gasteiger partial charge in [0.25, 0.3) is 5.91 Å². The Morgan fingerprint density at radius 2 is 1.94 bits per heavy atom. The summed E-state index contributed by atoms with van der Waals surface area (Å²) >= 11 is 1.60. The number of nitrogens with zero attached hydrogens (tertiary/aromatic N) is 4. The molecule has 0 saturated carbocycles. The van der Waals surface area contributed by atoms with E-state index >= 15 is 0 Å². The van der Waals surface area contributed by atoms with E-state index in [0.717, 1.165) is 64.9 Å². The molecule has 1 aliphatic rings. The first-order chi connectivity index (χ1) is 15.7. The van der Waals surface area contributed by atoms with Gasteiger partial charge < -0.3 is 19.3 Å². The van der Waals surface area contributed by atoms with Crippen molar-refractivity contribution in [1.82, 2.24) is 20.0 Å². The Kier molecular flexibility index (Phi) is 5.85. The summed E-state index contributed by atoms with van der Waals surface area (Å²) in [4.78, 5) is 26.7. The van der Waals surface area contributed by atoms with Crippen LogP contribution in [0.5, 0.6) is 0 Å². The van der Waals surface area contributed by atoms with Gasteiger partial charge in [-0.1, -0.05) is 29.4 Å². The lowest BCUT2D eigenvalue weighted by Crippen LogP contribution is -2.35. The molecule has 4 aromatic rings. The predicted molar refractivity (Wildman–Crippen MR) is 126 cm³/mol. The van der Waals surface area contributed by atoms with Crippen molar-refractivity contribution in [2.45, 2.75) is 24.0 Å². The Bertz CT molecular complexity index is 1200. The fraction of sp³-hybridized carbons (Fsp3) is 0.292. The lowest BCUT2D eigenvalue weighted by atomic mass is 10.2. The standard InChI is InChI=1S/C24H25N5O2S/c1-17-15-18(31-27-17)16-32-22-10-5-2-7-19(22)23(30)28-11-6-12-29(14-13-28)24-25-20-8-3-4-9-21(20)26-24/h2-5,7-10,15H,6,11-14,16H2,1H3,(H,25,26). The lowest BCUT2D eigenvalue weighted by Gasteiger charge is -2.22. The Morgan fingerprint density at radius 3 is 2.78 bits per heavy atom. The summed E-state index contributed by atoms with van der Waals surface area (Å²) in [5.74, 6) is 2.41. The van der Waals surface area contributed by atoms with Gasteiger partial charge in [-0.15, -0.1) is 11.8 Å². The molecule has 2 aromatic heterocycles. The van der Waals surface area contributed by atoms with Crippen LogP contribution in [-0.2, 0) is 5.75 Å². The maximum Gasteiger partial charge on any atom is 0.255 e. The number of hydrogen-bond acceptors (Lipinski definition) is 6. The van der Waals surface area contributed by atoms with Crippen molar-refractivity contribution in [3.8, 4) is 0 Å². The monoisotopic (exact) mass is 447 g/mol. The average molecular weight is 448 g/mol. The summed E-state index contributed by atoms with van der Waals surface area (Å²) in [6, 6.07) is 17.8. The lowest BCUT2D eigenvalue weighted by molar-refractivity contribution is 0.0763. The second-order valence-corrected chi connectivity index (χ2v) is 8.95. The molecule has 8 heteroatoms. The van der Waals surface area contributed by atoms with Crippen LogP contribution in [0.1, 0.15) is 28.2 Å². The molecule has 32 heavy (non-hydrogen) atoms. The highest BCUT2D eigenvalue weighted by Crippen LogP contribution is 2.28. The van der Waals surface area contributed by atoms with Crippen LogP contribution in [0.3, 0.4) is 0 Å². The quantitative estimate of drug-likeness (QED) is 0.454. The Labute approximate surface area is 190 Å². The highest BCUT2D eigenvalue weighted by molar-refractivity contribution is 7.98. The fourth-order valence-corrected chi connectivity index (χ4v) is 4.91. The summed E-state index contributed by atoms with van der Waals surface area (Å²) in [6.07, 6.45) is 0.898. The van der Waals surface area contributed by atoms with Gasteiger partial charge >= 0.3 is 0 Å². The largest absolute Gasteiger partial charge is 0.360 e. The number of amides is 1. The number of fused-ring (bicyclic) bond motifs is 1. The number of hydrogen-bond donors (Lipinski definition) is 1. The molecule has 0 aliphatic carbocycles. The summed E-state index contributed by atoms with van der Waals surface area (Å²) in [7, 11) is 0. The SMILES string of the molecule is Cc1cc(CSc2ccccc2C(=O)N2CCCN(c3nc4ccccc4[nH]3)CC2)on1. The normalized spacial score (nSPS) is 14.7. The number of rotatable bonds is 5. The van der Waals surface area contributed by atoms with E-state index in [1.807, 2.05) is 66.4 Å². The van der Waals surface area contributed by atoms with Crippen molar-refractivity contribution in [3.05, 3.63) is 71.6 Å². The van der Waals surface area contributed by atoms with E-state index in [-0.39, 0.29) is 5.91 Å². The minimum Gasteiger partial charge on any atom is -0.360 e. The number of carbonyl (C=O) groups excluding carboxylic acids is 1. The summed E-state index contributed by atoms with van der Waals surface area (Å²) in [6.45, 7) is 4.91. The van der Waals surface area contributed by atoms with Gasteiger partial charge in [-0.3, -0.25) is 4.79 Å². The summed E-state index contributed by atoms with van der Waals surface area (Å²) in [5, 5.41) is 3.94. The van der Waals surface area contributed by atoms with Crippen LogP contribution in [0, 0.1) is 6.92 Å². The van der Waals surface area contributed by atoms with E-state index in [1.165, 1.54) is 0 Å². The van der Waals surface area contributed by atoms with Crippen molar-refractivity contribution in [2.75, 3.05) is 31.1 Å². The minimum absolute atomic E-state index is 0.0771. The van der Waals surface area contributed by atoms with E-state index in [2.05, 4.69) is 15.0 Å². The molecule has 0 radical (unpaired) electrons. The first kappa shape index (κ1) is 20.6. The van der Waals surface area contributed by atoms with Gasteiger partial charge in [-0.25, -0.2) is 4.98 Å². The van der Waals surface area contributed by atoms with Crippen molar-refractivity contribution in [2.24, 2.45) is 0 Å². The molecule has 7 nitrogen and oxygen atoms in total. The molecule has 0 atom stereocenters. The number of aryl methyl sites for hydroxylation is 1. The zero-order chi connectivity index (χ0) is 21.9. The van der Waals surface area contributed by atoms with Gasteiger partial charge in [0.1, 0.15) is 5.76 Å². The van der Waals surface area contributed by atoms with Crippen LogP contribution in [0.2, 0.25) is 0 Å². The third-order valence-corrected chi connectivity index (χ3v) is 6.72. The van der Waals surface area contributed by atoms with Crippen LogP contribution in [0.15, 0.2) is 64.0 Å². The van der Waals surface area contributed by atoms with Gasteiger partial charge in [-0.2, -0.15) is 0 Å². The van der Waals surface area contributed by atoms with E-state index < -0.39 is 0 Å². The molecule has 1 aliphatic heterocycles. The number of carbonyl (C=O) groups is 1. The number of benzene rings is 2. The molecule has 1 amide bonds. The average Bonchev–Trinajstić information content (AvgIpc) is 3.35. The highest BCUT2D eigenvalue weighted by atomic mass is 32.2. The van der Waals surface area contributed by atoms with Gasteiger partial charge in [0.2, 0.25) is 5.95 Å². The molecule has 3 heterocycles. The zero-order valence-electron chi connectivity index (χ0n) is 18.0. The maximum absolute atomic E-state index is 13.4. The van der Waals surface area contributed by atoms with Crippen LogP contribution < -0.4 is 4.90 Å². The summed E-state index contributed by atoms with van der Waals surface area (Å²) in [5.41, 5.74) is 3.61. The van der Waals surface area contributed by atoms with Crippen molar-refractivity contribution < 1.29 is 9.32 Å². The van der Waals surface area contributed by atoms with E-state index in [0.29, 0.717) is 12.3 Å².